The van der Waals surface area contributed by atoms with Gasteiger partial charge in [-0.05, 0) is 31.2 Å². The number of carbonyl (C=O) groups is 1. The lowest BCUT2D eigenvalue weighted by Gasteiger charge is -2.19. The molecule has 3 rings (SSSR count). The molecule has 0 unspecified atom stereocenters. The van der Waals surface area contributed by atoms with Gasteiger partial charge in [0.1, 0.15) is 0 Å². The van der Waals surface area contributed by atoms with E-state index >= 15 is 0 Å². The Hall–Kier alpha value is -1.83. The van der Waals surface area contributed by atoms with Crippen LogP contribution in [0.4, 0.5) is 0 Å². The largest absolute Gasteiger partial charge is 0.459 e. The van der Waals surface area contributed by atoms with Crippen molar-refractivity contribution in [2.75, 3.05) is 26.2 Å². The first-order valence-electron chi connectivity index (χ1n) is 7.92. The molecule has 8 heteroatoms. The molecule has 1 aromatic heterocycles. The van der Waals surface area contributed by atoms with E-state index in [0.29, 0.717) is 18.7 Å². The lowest BCUT2D eigenvalue weighted by atomic mass is 10.2. The molecule has 6 nitrogen and oxygen atoms in total. The molecular weight excluding hydrogens is 364 g/mol. The van der Waals surface area contributed by atoms with Gasteiger partial charge in [0.25, 0.3) is 5.91 Å². The zero-order valence-corrected chi connectivity index (χ0v) is 15.3. The first-order chi connectivity index (χ1) is 11.6. The van der Waals surface area contributed by atoms with Gasteiger partial charge in [0.2, 0.25) is 0 Å². The zero-order valence-electron chi connectivity index (χ0n) is 13.7. The SMILES string of the molecule is Cl.O=C(c1occc1CS(=O)(=O)c1ccccc1)N1CCCNCC1. The fourth-order valence-electron chi connectivity index (χ4n) is 2.75. The van der Waals surface area contributed by atoms with Crippen molar-refractivity contribution in [1.82, 2.24) is 10.2 Å². The summed E-state index contributed by atoms with van der Waals surface area (Å²) in [4.78, 5) is 14.6. The van der Waals surface area contributed by atoms with Crippen LogP contribution in [0.5, 0.6) is 0 Å². The number of carbonyl (C=O) groups excluding carboxylic acids is 1. The number of amides is 1. The average molecular weight is 385 g/mol. The minimum atomic E-state index is -3.52. The summed E-state index contributed by atoms with van der Waals surface area (Å²) in [5, 5.41) is 3.23. The molecule has 0 saturated carbocycles. The molecule has 1 amide bonds. The molecular formula is C17H21ClN2O4S. The third-order valence-electron chi connectivity index (χ3n) is 4.02. The maximum atomic E-state index is 12.7. The number of hydrogen-bond donors (Lipinski definition) is 1. The molecule has 1 fully saturated rings. The number of sulfone groups is 1. The second-order valence-corrected chi connectivity index (χ2v) is 7.73. The van der Waals surface area contributed by atoms with E-state index in [0.717, 1.165) is 19.5 Å². The molecule has 2 heterocycles. The van der Waals surface area contributed by atoms with Crippen LogP contribution in [0.2, 0.25) is 0 Å². The van der Waals surface area contributed by atoms with E-state index in [4.69, 9.17) is 4.42 Å². The molecule has 25 heavy (non-hydrogen) atoms. The predicted octanol–water partition coefficient (Wildman–Crippen LogP) is 2.11. The monoisotopic (exact) mass is 384 g/mol. The summed E-state index contributed by atoms with van der Waals surface area (Å²) < 4.78 is 30.4. The topological polar surface area (TPSA) is 79.6 Å². The number of furan rings is 1. The third kappa shape index (κ3) is 4.62. The van der Waals surface area contributed by atoms with E-state index < -0.39 is 9.84 Å². The first-order valence-corrected chi connectivity index (χ1v) is 9.57. The van der Waals surface area contributed by atoms with E-state index in [1.54, 1.807) is 41.3 Å². The average Bonchev–Trinajstić information content (AvgIpc) is 2.86. The van der Waals surface area contributed by atoms with Crippen LogP contribution >= 0.6 is 12.4 Å². The van der Waals surface area contributed by atoms with Gasteiger partial charge in [-0.3, -0.25) is 4.79 Å². The Bertz CT molecular complexity index is 797. The summed E-state index contributed by atoms with van der Waals surface area (Å²) in [5.74, 6) is -0.376. The van der Waals surface area contributed by atoms with Gasteiger partial charge in [-0.1, -0.05) is 18.2 Å². The Kier molecular flexibility index (Phi) is 6.64. The van der Waals surface area contributed by atoms with Crippen LogP contribution in [0, 0.1) is 0 Å². The van der Waals surface area contributed by atoms with Gasteiger partial charge in [-0.15, -0.1) is 12.4 Å². The standard InChI is InChI=1S/C17H20N2O4S.ClH/c20-17(19-10-4-8-18-9-11-19)16-14(7-12-23-16)13-24(21,22)15-5-2-1-3-6-15;/h1-3,5-7,12,18H,4,8-11,13H2;1H. The van der Waals surface area contributed by atoms with E-state index in [-0.39, 0.29) is 34.7 Å². The molecule has 0 radical (unpaired) electrons. The summed E-state index contributed by atoms with van der Waals surface area (Å²) in [6, 6.07) is 9.79. The Balaban J connectivity index is 0.00000225. The van der Waals surface area contributed by atoms with E-state index in [1.165, 1.54) is 6.26 Å². The summed E-state index contributed by atoms with van der Waals surface area (Å²) in [7, 11) is -3.52. The van der Waals surface area contributed by atoms with Gasteiger partial charge in [0.15, 0.2) is 15.6 Å². The van der Waals surface area contributed by atoms with Crippen LogP contribution in [0.15, 0.2) is 52.0 Å². The van der Waals surface area contributed by atoms with Crippen LogP contribution in [0.1, 0.15) is 22.5 Å². The first kappa shape index (κ1) is 19.5. The van der Waals surface area contributed by atoms with Gasteiger partial charge in [-0.2, -0.15) is 0 Å². The summed E-state index contributed by atoms with van der Waals surface area (Å²) in [6.07, 6.45) is 2.24. The number of nitrogens with one attached hydrogen (secondary N) is 1. The minimum Gasteiger partial charge on any atom is -0.459 e. The van der Waals surface area contributed by atoms with Crippen LogP contribution in [-0.2, 0) is 15.6 Å². The van der Waals surface area contributed by atoms with E-state index in [9.17, 15) is 13.2 Å². The van der Waals surface area contributed by atoms with Gasteiger partial charge in [0.05, 0.1) is 16.9 Å². The molecule has 0 bridgehead atoms. The highest BCUT2D eigenvalue weighted by Crippen LogP contribution is 2.21. The molecule has 1 aliphatic heterocycles. The van der Waals surface area contributed by atoms with E-state index in [1.807, 2.05) is 0 Å². The molecule has 2 aromatic rings. The summed E-state index contributed by atoms with van der Waals surface area (Å²) in [5.41, 5.74) is 0.404. The van der Waals surface area contributed by atoms with Crippen molar-refractivity contribution < 1.29 is 17.6 Å². The summed E-state index contributed by atoms with van der Waals surface area (Å²) in [6.45, 7) is 2.82. The second kappa shape index (κ2) is 8.51. The fourth-order valence-corrected chi connectivity index (χ4v) is 4.12. The number of nitrogens with zero attached hydrogens (tertiary/aromatic N) is 1. The molecule has 1 aromatic carbocycles. The zero-order chi connectivity index (χ0) is 17.0. The van der Waals surface area contributed by atoms with Crippen molar-refractivity contribution in [3.05, 3.63) is 54.0 Å². The molecule has 0 atom stereocenters. The number of rotatable bonds is 4. The van der Waals surface area contributed by atoms with Crippen molar-refractivity contribution >= 4 is 28.2 Å². The lowest BCUT2D eigenvalue weighted by Crippen LogP contribution is -2.34. The van der Waals surface area contributed by atoms with Crippen molar-refractivity contribution in [2.24, 2.45) is 0 Å². The minimum absolute atomic E-state index is 0. The smallest absolute Gasteiger partial charge is 0.289 e. The highest BCUT2D eigenvalue weighted by Gasteiger charge is 2.26. The van der Waals surface area contributed by atoms with Crippen LogP contribution in [0.25, 0.3) is 0 Å². The quantitative estimate of drug-likeness (QED) is 0.873. The van der Waals surface area contributed by atoms with Crippen LogP contribution in [0.3, 0.4) is 0 Å². The molecule has 1 saturated heterocycles. The maximum Gasteiger partial charge on any atom is 0.289 e. The lowest BCUT2D eigenvalue weighted by molar-refractivity contribution is 0.0733. The molecule has 0 aliphatic carbocycles. The molecule has 136 valence electrons. The van der Waals surface area contributed by atoms with Crippen molar-refractivity contribution in [1.29, 1.82) is 0 Å². The van der Waals surface area contributed by atoms with Gasteiger partial charge in [-0.25, -0.2) is 8.42 Å². The Morgan fingerprint density at radius 3 is 2.64 bits per heavy atom. The van der Waals surface area contributed by atoms with Crippen LogP contribution in [-0.4, -0.2) is 45.4 Å². The van der Waals surface area contributed by atoms with Crippen molar-refractivity contribution in [3.63, 3.8) is 0 Å². The van der Waals surface area contributed by atoms with Gasteiger partial charge >= 0.3 is 0 Å². The van der Waals surface area contributed by atoms with Gasteiger partial charge in [0, 0.05) is 25.2 Å². The van der Waals surface area contributed by atoms with E-state index in [2.05, 4.69) is 5.32 Å². The highest BCUT2D eigenvalue weighted by atomic mass is 35.5. The Labute approximate surface area is 153 Å². The normalized spacial score (nSPS) is 15.3. The van der Waals surface area contributed by atoms with Gasteiger partial charge < -0.3 is 14.6 Å². The Morgan fingerprint density at radius 1 is 1.12 bits per heavy atom. The second-order valence-electron chi connectivity index (χ2n) is 5.74. The fraction of sp³-hybridized carbons (Fsp3) is 0.353. The van der Waals surface area contributed by atoms with Crippen molar-refractivity contribution in [3.8, 4) is 0 Å². The number of halogens is 1. The van der Waals surface area contributed by atoms with Crippen LogP contribution < -0.4 is 5.32 Å². The molecule has 1 aliphatic rings. The molecule has 1 N–H and O–H groups in total. The predicted molar refractivity (Wildman–Crippen MR) is 96.7 cm³/mol. The third-order valence-corrected chi connectivity index (χ3v) is 5.70. The maximum absolute atomic E-state index is 12.7. The number of hydrogen-bond acceptors (Lipinski definition) is 5. The van der Waals surface area contributed by atoms with Crippen molar-refractivity contribution in [2.45, 2.75) is 17.1 Å². The summed E-state index contributed by atoms with van der Waals surface area (Å²) >= 11 is 0. The molecule has 0 spiro atoms. The highest BCUT2D eigenvalue weighted by molar-refractivity contribution is 7.90. The Morgan fingerprint density at radius 2 is 1.88 bits per heavy atom. The number of benzene rings is 1.